The smallest absolute Gasteiger partial charge is 0.00763 e. The van der Waals surface area contributed by atoms with Crippen LogP contribution >= 0.6 is 0 Å². The predicted octanol–water partition coefficient (Wildman–Crippen LogP) is 0.910. The largest absolute Gasteiger partial charge is 0.327 e. The zero-order valence-electron chi connectivity index (χ0n) is 4.59. The lowest BCUT2D eigenvalue weighted by Crippen LogP contribution is -2.27. The average molecular weight is 97.2 g/mol. The SMILES string of the molecule is CC(N)C1C=CC1. The molecule has 2 atom stereocenters. The van der Waals surface area contributed by atoms with Crippen LogP contribution in [0.2, 0.25) is 0 Å². The summed E-state index contributed by atoms with van der Waals surface area (Å²) in [4.78, 5) is 0. The lowest BCUT2D eigenvalue weighted by Gasteiger charge is -2.20. The van der Waals surface area contributed by atoms with Gasteiger partial charge in [0, 0.05) is 6.04 Å². The molecule has 0 spiro atoms. The van der Waals surface area contributed by atoms with Crippen LogP contribution < -0.4 is 5.73 Å². The molecule has 0 fully saturated rings. The van der Waals surface area contributed by atoms with Crippen LogP contribution in [0.5, 0.6) is 0 Å². The first kappa shape index (κ1) is 4.85. The molecule has 1 aliphatic rings. The minimum absolute atomic E-state index is 0.366. The monoisotopic (exact) mass is 97.1 g/mol. The van der Waals surface area contributed by atoms with Gasteiger partial charge < -0.3 is 5.73 Å². The molecule has 0 aromatic rings. The summed E-state index contributed by atoms with van der Waals surface area (Å²) in [6.07, 6.45) is 5.52. The van der Waals surface area contributed by atoms with Crippen molar-refractivity contribution in [2.24, 2.45) is 11.7 Å². The van der Waals surface area contributed by atoms with Gasteiger partial charge in [-0.15, -0.1) is 0 Å². The summed E-state index contributed by atoms with van der Waals surface area (Å²) in [5, 5.41) is 0. The molecule has 40 valence electrons. The Hall–Kier alpha value is -0.300. The van der Waals surface area contributed by atoms with Gasteiger partial charge in [0.05, 0.1) is 0 Å². The first-order valence-corrected chi connectivity index (χ1v) is 2.73. The van der Waals surface area contributed by atoms with Crippen molar-refractivity contribution in [3.05, 3.63) is 12.2 Å². The lowest BCUT2D eigenvalue weighted by atomic mass is 9.89. The van der Waals surface area contributed by atoms with Crippen molar-refractivity contribution in [3.63, 3.8) is 0 Å². The molecule has 1 nitrogen and oxygen atoms in total. The van der Waals surface area contributed by atoms with Crippen molar-refractivity contribution in [3.8, 4) is 0 Å². The van der Waals surface area contributed by atoms with E-state index in [1.54, 1.807) is 0 Å². The summed E-state index contributed by atoms with van der Waals surface area (Å²) >= 11 is 0. The van der Waals surface area contributed by atoms with E-state index in [9.17, 15) is 0 Å². The van der Waals surface area contributed by atoms with Gasteiger partial charge in [-0.1, -0.05) is 12.2 Å². The number of nitrogens with two attached hydrogens (primary N) is 1. The molecule has 0 aromatic carbocycles. The fourth-order valence-electron chi connectivity index (χ4n) is 0.683. The van der Waals surface area contributed by atoms with E-state index in [2.05, 4.69) is 12.2 Å². The van der Waals surface area contributed by atoms with Gasteiger partial charge in [-0.2, -0.15) is 0 Å². The summed E-state index contributed by atoms with van der Waals surface area (Å²) in [5.41, 5.74) is 5.55. The quantitative estimate of drug-likeness (QED) is 0.483. The Morgan fingerprint density at radius 3 is 2.43 bits per heavy atom. The highest BCUT2D eigenvalue weighted by Gasteiger charge is 2.13. The van der Waals surface area contributed by atoms with Gasteiger partial charge in [-0.3, -0.25) is 0 Å². The van der Waals surface area contributed by atoms with E-state index in [0.29, 0.717) is 12.0 Å². The molecule has 2 N–H and O–H groups in total. The molecule has 7 heavy (non-hydrogen) atoms. The van der Waals surface area contributed by atoms with E-state index in [1.807, 2.05) is 6.92 Å². The van der Waals surface area contributed by atoms with Gasteiger partial charge in [-0.25, -0.2) is 0 Å². The second kappa shape index (κ2) is 1.66. The maximum Gasteiger partial charge on any atom is 0.00763 e. The van der Waals surface area contributed by atoms with Crippen LogP contribution in [0.1, 0.15) is 13.3 Å². The van der Waals surface area contributed by atoms with E-state index >= 15 is 0 Å². The van der Waals surface area contributed by atoms with Crippen molar-refractivity contribution in [2.45, 2.75) is 19.4 Å². The normalized spacial score (nSPS) is 32.0. The Bertz CT molecular complexity index is 84.2. The zero-order chi connectivity index (χ0) is 5.28. The van der Waals surface area contributed by atoms with Crippen LogP contribution in [0.25, 0.3) is 0 Å². The molecular formula is C6H11N. The molecule has 0 saturated carbocycles. The van der Waals surface area contributed by atoms with Gasteiger partial charge in [0.15, 0.2) is 0 Å². The topological polar surface area (TPSA) is 26.0 Å². The Morgan fingerprint density at radius 1 is 1.86 bits per heavy atom. The molecule has 0 aromatic heterocycles. The third kappa shape index (κ3) is 0.829. The van der Waals surface area contributed by atoms with E-state index < -0.39 is 0 Å². The lowest BCUT2D eigenvalue weighted by molar-refractivity contribution is 0.506. The Morgan fingerprint density at radius 2 is 2.43 bits per heavy atom. The van der Waals surface area contributed by atoms with Crippen LogP contribution in [0, 0.1) is 5.92 Å². The molecule has 0 aliphatic heterocycles. The molecule has 1 aliphatic carbocycles. The first-order chi connectivity index (χ1) is 3.30. The second-order valence-electron chi connectivity index (χ2n) is 2.19. The molecule has 2 unspecified atom stereocenters. The summed E-state index contributed by atoms with van der Waals surface area (Å²) < 4.78 is 0. The van der Waals surface area contributed by atoms with Crippen LogP contribution in [-0.4, -0.2) is 6.04 Å². The number of rotatable bonds is 1. The minimum atomic E-state index is 0.366. The van der Waals surface area contributed by atoms with Crippen molar-refractivity contribution >= 4 is 0 Å². The van der Waals surface area contributed by atoms with Crippen LogP contribution in [0.4, 0.5) is 0 Å². The maximum absolute atomic E-state index is 5.55. The summed E-state index contributed by atoms with van der Waals surface area (Å²) in [6.45, 7) is 2.05. The Kier molecular flexibility index (Phi) is 1.15. The van der Waals surface area contributed by atoms with Gasteiger partial charge in [0.2, 0.25) is 0 Å². The van der Waals surface area contributed by atoms with Crippen molar-refractivity contribution in [1.82, 2.24) is 0 Å². The highest BCUT2D eigenvalue weighted by molar-refractivity contribution is 5.04. The van der Waals surface area contributed by atoms with Crippen molar-refractivity contribution in [1.29, 1.82) is 0 Å². The van der Waals surface area contributed by atoms with Gasteiger partial charge >= 0.3 is 0 Å². The molecule has 0 heterocycles. The molecule has 1 rings (SSSR count). The number of hydrogen-bond acceptors (Lipinski definition) is 1. The van der Waals surface area contributed by atoms with E-state index in [0.717, 1.165) is 0 Å². The second-order valence-corrected chi connectivity index (χ2v) is 2.19. The molecule has 0 saturated heterocycles. The molecule has 0 radical (unpaired) electrons. The molecule has 0 bridgehead atoms. The van der Waals surface area contributed by atoms with E-state index in [4.69, 9.17) is 5.73 Å². The van der Waals surface area contributed by atoms with E-state index in [-0.39, 0.29) is 0 Å². The summed E-state index contributed by atoms with van der Waals surface area (Å²) in [5.74, 6) is 0.681. The third-order valence-corrected chi connectivity index (χ3v) is 1.47. The summed E-state index contributed by atoms with van der Waals surface area (Å²) in [6, 6.07) is 0.366. The zero-order valence-corrected chi connectivity index (χ0v) is 4.59. The molecule has 0 amide bonds. The third-order valence-electron chi connectivity index (χ3n) is 1.47. The fraction of sp³-hybridized carbons (Fsp3) is 0.667. The predicted molar refractivity (Wildman–Crippen MR) is 30.9 cm³/mol. The maximum atomic E-state index is 5.55. The Labute approximate surface area is 44.2 Å². The number of hydrogen-bond donors (Lipinski definition) is 1. The first-order valence-electron chi connectivity index (χ1n) is 2.73. The van der Waals surface area contributed by atoms with E-state index in [1.165, 1.54) is 6.42 Å². The number of allylic oxidation sites excluding steroid dienone is 1. The molecular weight excluding hydrogens is 86.1 g/mol. The average Bonchev–Trinajstić information content (AvgIpc) is 1.23. The highest BCUT2D eigenvalue weighted by Crippen LogP contribution is 2.18. The summed E-state index contributed by atoms with van der Waals surface area (Å²) in [7, 11) is 0. The fourth-order valence-corrected chi connectivity index (χ4v) is 0.683. The van der Waals surface area contributed by atoms with Crippen LogP contribution in [0.3, 0.4) is 0 Å². The minimum Gasteiger partial charge on any atom is -0.327 e. The highest BCUT2D eigenvalue weighted by atomic mass is 14.6. The van der Waals surface area contributed by atoms with Crippen LogP contribution in [0.15, 0.2) is 12.2 Å². The van der Waals surface area contributed by atoms with Crippen LogP contribution in [-0.2, 0) is 0 Å². The Balaban J connectivity index is 2.29. The van der Waals surface area contributed by atoms with Crippen molar-refractivity contribution < 1.29 is 0 Å². The van der Waals surface area contributed by atoms with Gasteiger partial charge in [0.1, 0.15) is 0 Å². The van der Waals surface area contributed by atoms with Gasteiger partial charge in [-0.05, 0) is 19.3 Å². The van der Waals surface area contributed by atoms with Crippen molar-refractivity contribution in [2.75, 3.05) is 0 Å². The molecule has 1 heteroatoms. The standard InChI is InChI=1S/C6H11N/c1-5(7)6-3-2-4-6/h2-3,5-6H,4,7H2,1H3. The van der Waals surface area contributed by atoms with Gasteiger partial charge in [0.25, 0.3) is 0 Å².